The minimum atomic E-state index is 0.0624. The van der Waals surface area contributed by atoms with Crippen LogP contribution >= 0.6 is 0 Å². The van der Waals surface area contributed by atoms with Gasteiger partial charge >= 0.3 is 0 Å². The Morgan fingerprint density at radius 2 is 2.00 bits per heavy atom. The number of piperidine rings is 1. The Labute approximate surface area is 147 Å². The van der Waals surface area contributed by atoms with Crippen LogP contribution in [0.5, 0.6) is 0 Å². The lowest BCUT2D eigenvalue weighted by Gasteiger charge is -2.30. The zero-order valence-corrected chi connectivity index (χ0v) is 15.8. The molecule has 3 heteroatoms. The van der Waals surface area contributed by atoms with Gasteiger partial charge in [-0.2, -0.15) is 0 Å². The van der Waals surface area contributed by atoms with Crippen molar-refractivity contribution in [3.63, 3.8) is 0 Å². The summed E-state index contributed by atoms with van der Waals surface area (Å²) in [6.45, 7) is 11.0. The van der Waals surface area contributed by atoms with Crippen molar-refractivity contribution in [3.05, 3.63) is 35.9 Å². The van der Waals surface area contributed by atoms with Crippen LogP contribution in [0.25, 0.3) is 0 Å². The van der Waals surface area contributed by atoms with Gasteiger partial charge in [-0.3, -0.25) is 4.79 Å². The average molecular weight is 331 g/mol. The molecule has 0 spiro atoms. The molecule has 24 heavy (non-hydrogen) atoms. The molecule has 0 aromatic heterocycles. The number of rotatable bonds is 7. The normalized spacial score (nSPS) is 21.1. The van der Waals surface area contributed by atoms with E-state index >= 15 is 0 Å². The molecule has 1 heterocycles. The molecule has 0 saturated carbocycles. The summed E-state index contributed by atoms with van der Waals surface area (Å²) in [5, 5.41) is 6.66. The molecule has 1 fully saturated rings. The molecule has 2 N–H and O–H groups in total. The lowest BCUT2D eigenvalue weighted by Crippen LogP contribution is -2.39. The first-order valence-corrected chi connectivity index (χ1v) is 9.44. The van der Waals surface area contributed by atoms with Gasteiger partial charge in [0, 0.05) is 12.5 Å². The maximum absolute atomic E-state index is 12.4. The summed E-state index contributed by atoms with van der Waals surface area (Å²) in [5.41, 5.74) is 1.39. The lowest BCUT2D eigenvalue weighted by molar-refractivity contribution is -0.123. The van der Waals surface area contributed by atoms with Gasteiger partial charge in [0.05, 0.1) is 0 Å². The molecular formula is C21H34N2O. The highest BCUT2D eigenvalue weighted by Gasteiger charge is 2.26. The topological polar surface area (TPSA) is 41.1 Å². The number of benzene rings is 1. The summed E-state index contributed by atoms with van der Waals surface area (Å²) in [5.74, 6) is 1.29. The molecule has 1 aromatic carbocycles. The number of hydrogen-bond acceptors (Lipinski definition) is 2. The van der Waals surface area contributed by atoms with Crippen LogP contribution in [0.3, 0.4) is 0 Å². The minimum absolute atomic E-state index is 0.0624. The number of carbonyl (C=O) groups excluding carboxylic acids is 1. The van der Waals surface area contributed by atoms with Crippen LogP contribution < -0.4 is 10.6 Å². The van der Waals surface area contributed by atoms with Gasteiger partial charge < -0.3 is 10.6 Å². The molecule has 0 radical (unpaired) electrons. The van der Waals surface area contributed by atoms with Gasteiger partial charge in [-0.1, -0.05) is 51.1 Å². The predicted molar refractivity (Wildman–Crippen MR) is 101 cm³/mol. The van der Waals surface area contributed by atoms with Crippen molar-refractivity contribution < 1.29 is 4.79 Å². The Balaban J connectivity index is 1.80. The van der Waals surface area contributed by atoms with Crippen LogP contribution in [-0.2, 0) is 10.2 Å². The standard InChI is InChI=1S/C21H34N2O/c1-16(18-9-8-12-22-15-18)13-20(24)23-17(2)14-21(3,4)19-10-6-5-7-11-19/h5-7,10-11,16-18,22H,8-9,12-15H2,1-4H3,(H,23,24). The molecule has 3 unspecified atom stereocenters. The van der Waals surface area contributed by atoms with Crippen LogP contribution in [0.15, 0.2) is 30.3 Å². The second-order valence-electron chi connectivity index (χ2n) is 8.21. The molecular weight excluding hydrogens is 296 g/mol. The van der Waals surface area contributed by atoms with Gasteiger partial charge in [0.1, 0.15) is 0 Å². The molecule has 1 aliphatic rings. The van der Waals surface area contributed by atoms with Crippen molar-refractivity contribution in [2.75, 3.05) is 13.1 Å². The van der Waals surface area contributed by atoms with Gasteiger partial charge in [-0.25, -0.2) is 0 Å². The van der Waals surface area contributed by atoms with Crippen LogP contribution in [0.2, 0.25) is 0 Å². The first-order valence-electron chi connectivity index (χ1n) is 9.44. The van der Waals surface area contributed by atoms with Crippen molar-refractivity contribution in [1.29, 1.82) is 0 Å². The van der Waals surface area contributed by atoms with Crippen LogP contribution in [0, 0.1) is 11.8 Å². The summed E-state index contributed by atoms with van der Waals surface area (Å²) in [6.07, 6.45) is 4.07. The summed E-state index contributed by atoms with van der Waals surface area (Å²) in [4.78, 5) is 12.4. The monoisotopic (exact) mass is 330 g/mol. The largest absolute Gasteiger partial charge is 0.354 e. The van der Waals surface area contributed by atoms with Crippen molar-refractivity contribution in [1.82, 2.24) is 10.6 Å². The maximum atomic E-state index is 12.4. The third-order valence-electron chi connectivity index (χ3n) is 5.43. The molecule has 1 aliphatic heterocycles. The van der Waals surface area contributed by atoms with Crippen molar-refractivity contribution in [3.8, 4) is 0 Å². The smallest absolute Gasteiger partial charge is 0.220 e. The molecule has 1 aromatic rings. The van der Waals surface area contributed by atoms with E-state index in [1.54, 1.807) is 0 Å². The highest BCUT2D eigenvalue weighted by Crippen LogP contribution is 2.28. The quantitative estimate of drug-likeness (QED) is 0.796. The van der Waals surface area contributed by atoms with Crippen molar-refractivity contribution in [2.24, 2.45) is 11.8 Å². The second kappa shape index (κ2) is 8.66. The van der Waals surface area contributed by atoms with E-state index < -0.39 is 0 Å². The van der Waals surface area contributed by atoms with E-state index in [2.05, 4.69) is 62.6 Å². The first kappa shape index (κ1) is 19.0. The summed E-state index contributed by atoms with van der Waals surface area (Å²) in [6, 6.07) is 10.7. The van der Waals surface area contributed by atoms with Gasteiger partial charge in [0.25, 0.3) is 0 Å². The SMILES string of the molecule is CC(CC(C)(C)c1ccccc1)NC(=O)CC(C)C1CCCNC1. The molecule has 3 nitrogen and oxygen atoms in total. The number of carbonyl (C=O) groups is 1. The molecule has 0 bridgehead atoms. The Kier molecular flexibility index (Phi) is 6.85. The fourth-order valence-corrected chi connectivity index (χ4v) is 3.98. The maximum Gasteiger partial charge on any atom is 0.220 e. The molecule has 3 atom stereocenters. The Bertz CT molecular complexity index is 506. The second-order valence-corrected chi connectivity index (χ2v) is 8.21. The van der Waals surface area contributed by atoms with E-state index in [4.69, 9.17) is 0 Å². The predicted octanol–water partition coefficient (Wildman–Crippen LogP) is 3.88. The van der Waals surface area contributed by atoms with Crippen LogP contribution in [-0.4, -0.2) is 25.0 Å². The van der Waals surface area contributed by atoms with Crippen molar-refractivity contribution >= 4 is 5.91 Å². The molecule has 0 aliphatic carbocycles. The summed E-state index contributed by atoms with van der Waals surface area (Å²) >= 11 is 0. The number of hydrogen-bond donors (Lipinski definition) is 2. The highest BCUT2D eigenvalue weighted by molar-refractivity contribution is 5.76. The van der Waals surface area contributed by atoms with Crippen LogP contribution in [0.1, 0.15) is 58.9 Å². The molecule has 2 rings (SSSR count). The van der Waals surface area contributed by atoms with E-state index in [1.807, 2.05) is 6.07 Å². The Morgan fingerprint density at radius 1 is 1.29 bits per heavy atom. The van der Waals surface area contributed by atoms with Gasteiger partial charge in [-0.05, 0) is 62.1 Å². The van der Waals surface area contributed by atoms with Gasteiger partial charge in [-0.15, -0.1) is 0 Å². The molecule has 1 saturated heterocycles. The fourth-order valence-electron chi connectivity index (χ4n) is 3.98. The van der Waals surface area contributed by atoms with Gasteiger partial charge in [0.15, 0.2) is 0 Å². The van der Waals surface area contributed by atoms with E-state index in [0.717, 1.165) is 19.5 Å². The van der Waals surface area contributed by atoms with E-state index in [-0.39, 0.29) is 17.4 Å². The third kappa shape index (κ3) is 5.62. The number of amides is 1. The Morgan fingerprint density at radius 3 is 2.62 bits per heavy atom. The fraction of sp³-hybridized carbons (Fsp3) is 0.667. The Hall–Kier alpha value is -1.35. The van der Waals surface area contributed by atoms with Crippen LogP contribution in [0.4, 0.5) is 0 Å². The van der Waals surface area contributed by atoms with Crippen molar-refractivity contribution in [2.45, 2.75) is 64.8 Å². The van der Waals surface area contributed by atoms with E-state index in [1.165, 1.54) is 18.4 Å². The molecule has 1 amide bonds. The minimum Gasteiger partial charge on any atom is -0.354 e. The zero-order valence-electron chi connectivity index (χ0n) is 15.8. The highest BCUT2D eigenvalue weighted by atomic mass is 16.1. The molecule has 134 valence electrons. The van der Waals surface area contributed by atoms with E-state index in [9.17, 15) is 4.79 Å². The van der Waals surface area contributed by atoms with E-state index in [0.29, 0.717) is 18.3 Å². The van der Waals surface area contributed by atoms with Gasteiger partial charge in [0.2, 0.25) is 5.91 Å². The number of nitrogens with one attached hydrogen (secondary N) is 2. The average Bonchev–Trinajstić information content (AvgIpc) is 2.55. The lowest BCUT2D eigenvalue weighted by atomic mass is 9.79. The summed E-state index contributed by atoms with van der Waals surface area (Å²) < 4.78 is 0. The first-order chi connectivity index (χ1) is 11.4. The third-order valence-corrected chi connectivity index (χ3v) is 5.43. The zero-order chi connectivity index (χ0) is 17.6. The summed E-state index contributed by atoms with van der Waals surface area (Å²) in [7, 11) is 0.